The number of fused-ring (bicyclic) bond motifs is 1. The van der Waals surface area contributed by atoms with Gasteiger partial charge in [0.05, 0.1) is 16.5 Å². The summed E-state index contributed by atoms with van der Waals surface area (Å²) in [4.78, 5) is 37.0. The van der Waals surface area contributed by atoms with Gasteiger partial charge in [-0.1, -0.05) is 11.6 Å². The minimum Gasteiger partial charge on any atom is -0.478 e. The molecule has 0 bridgehead atoms. The van der Waals surface area contributed by atoms with E-state index in [0.717, 1.165) is 11.3 Å². The second-order valence-electron chi connectivity index (χ2n) is 4.23. The highest BCUT2D eigenvalue weighted by molar-refractivity contribution is 7.12. The number of hydrogen-bond donors (Lipinski definition) is 2. The third-order valence-corrected chi connectivity index (χ3v) is 4.07. The summed E-state index contributed by atoms with van der Waals surface area (Å²) in [5, 5.41) is 11.4. The van der Waals surface area contributed by atoms with Crippen molar-refractivity contribution in [2.75, 3.05) is 0 Å². The van der Waals surface area contributed by atoms with E-state index in [1.807, 2.05) is 0 Å². The number of H-pyrrole nitrogens is 1. The molecule has 0 atom stereocenters. The summed E-state index contributed by atoms with van der Waals surface area (Å²) in [6, 6.07) is 5.92. The molecule has 2 N–H and O–H groups in total. The number of benzene rings is 1. The number of thiophene rings is 1. The van der Waals surface area contributed by atoms with Crippen LogP contribution in [-0.4, -0.2) is 20.6 Å². The zero-order valence-electron chi connectivity index (χ0n) is 10.3. The van der Waals surface area contributed by atoms with Crippen molar-refractivity contribution in [3.63, 3.8) is 0 Å². The van der Waals surface area contributed by atoms with E-state index in [2.05, 4.69) is 4.98 Å². The van der Waals surface area contributed by atoms with Crippen LogP contribution in [0.2, 0.25) is 5.02 Å². The van der Waals surface area contributed by atoms with Crippen LogP contribution < -0.4 is 11.2 Å². The first-order chi connectivity index (χ1) is 9.97. The lowest BCUT2D eigenvalue weighted by molar-refractivity contribution is 0.0697. The van der Waals surface area contributed by atoms with E-state index < -0.39 is 17.2 Å². The van der Waals surface area contributed by atoms with Crippen LogP contribution in [0.25, 0.3) is 15.9 Å². The third kappa shape index (κ3) is 2.26. The van der Waals surface area contributed by atoms with E-state index in [9.17, 15) is 14.4 Å². The second kappa shape index (κ2) is 4.87. The molecule has 0 saturated carbocycles. The van der Waals surface area contributed by atoms with E-state index in [4.69, 9.17) is 16.7 Å². The van der Waals surface area contributed by atoms with Crippen LogP contribution in [0.1, 0.15) is 10.4 Å². The highest BCUT2D eigenvalue weighted by atomic mass is 35.5. The summed E-state index contributed by atoms with van der Waals surface area (Å²) in [5.41, 5.74) is -0.759. The average Bonchev–Trinajstić information content (AvgIpc) is 2.87. The molecule has 6 nitrogen and oxygen atoms in total. The Bertz CT molecular complexity index is 986. The molecule has 0 unspecified atom stereocenters. The Labute approximate surface area is 125 Å². The molecule has 0 aliphatic heterocycles. The topological polar surface area (TPSA) is 92.2 Å². The number of halogens is 1. The highest BCUT2D eigenvalue weighted by Crippen LogP contribution is 2.23. The van der Waals surface area contributed by atoms with Gasteiger partial charge in [0.1, 0.15) is 5.00 Å². The van der Waals surface area contributed by atoms with Crippen molar-refractivity contribution in [2.45, 2.75) is 0 Å². The molecule has 106 valence electrons. The van der Waals surface area contributed by atoms with Gasteiger partial charge in [-0.25, -0.2) is 9.59 Å². The number of nitrogens with one attached hydrogen (secondary N) is 1. The smallest absolute Gasteiger partial charge is 0.336 e. The Morgan fingerprint density at radius 1 is 1.29 bits per heavy atom. The van der Waals surface area contributed by atoms with Crippen LogP contribution in [-0.2, 0) is 0 Å². The lowest BCUT2D eigenvalue weighted by Crippen LogP contribution is -2.28. The molecule has 0 amide bonds. The number of aromatic nitrogens is 2. The average molecular weight is 323 g/mol. The largest absolute Gasteiger partial charge is 0.478 e. The second-order valence-corrected chi connectivity index (χ2v) is 5.56. The first-order valence-electron chi connectivity index (χ1n) is 5.74. The Morgan fingerprint density at radius 3 is 2.71 bits per heavy atom. The van der Waals surface area contributed by atoms with E-state index in [0.29, 0.717) is 20.9 Å². The lowest BCUT2D eigenvalue weighted by Gasteiger charge is -2.07. The lowest BCUT2D eigenvalue weighted by atomic mass is 10.2. The Morgan fingerprint density at radius 2 is 2.05 bits per heavy atom. The van der Waals surface area contributed by atoms with Gasteiger partial charge < -0.3 is 5.11 Å². The van der Waals surface area contributed by atoms with Crippen LogP contribution in [0.3, 0.4) is 0 Å². The van der Waals surface area contributed by atoms with Gasteiger partial charge in [-0.3, -0.25) is 14.3 Å². The summed E-state index contributed by atoms with van der Waals surface area (Å²) in [7, 11) is 0. The molecule has 0 aliphatic carbocycles. The Kier molecular flexibility index (Phi) is 3.15. The minimum atomic E-state index is -1.09. The molecule has 2 heterocycles. The molecule has 3 rings (SSSR count). The molecule has 0 radical (unpaired) electrons. The van der Waals surface area contributed by atoms with Crippen LogP contribution >= 0.6 is 22.9 Å². The Hall–Kier alpha value is -2.38. The first-order valence-corrected chi connectivity index (χ1v) is 7.00. The fraction of sp³-hybridized carbons (Fsp3) is 0. The number of aromatic amines is 1. The summed E-state index contributed by atoms with van der Waals surface area (Å²) >= 11 is 7.01. The molecule has 0 fully saturated rings. The van der Waals surface area contributed by atoms with Gasteiger partial charge in [-0.2, -0.15) is 0 Å². The van der Waals surface area contributed by atoms with Crippen LogP contribution in [0, 0.1) is 0 Å². The molecule has 0 saturated heterocycles. The first kappa shape index (κ1) is 13.6. The van der Waals surface area contributed by atoms with E-state index >= 15 is 0 Å². The normalized spacial score (nSPS) is 10.9. The summed E-state index contributed by atoms with van der Waals surface area (Å²) < 4.78 is 1.24. The molecular formula is C13H7ClN2O4S. The summed E-state index contributed by atoms with van der Waals surface area (Å²) in [5.74, 6) is -1.09. The van der Waals surface area contributed by atoms with Crippen LogP contribution in [0.5, 0.6) is 0 Å². The number of nitrogens with zero attached hydrogens (tertiary/aromatic N) is 1. The van der Waals surface area contributed by atoms with Crippen molar-refractivity contribution in [3.05, 3.63) is 61.1 Å². The maximum Gasteiger partial charge on any atom is 0.336 e. The predicted molar refractivity (Wildman–Crippen MR) is 80.0 cm³/mol. The monoisotopic (exact) mass is 322 g/mol. The van der Waals surface area contributed by atoms with Gasteiger partial charge in [0, 0.05) is 10.4 Å². The molecule has 0 aliphatic rings. The fourth-order valence-electron chi connectivity index (χ4n) is 1.98. The van der Waals surface area contributed by atoms with Gasteiger partial charge in [0.2, 0.25) is 0 Å². The highest BCUT2D eigenvalue weighted by Gasteiger charge is 2.13. The summed E-state index contributed by atoms with van der Waals surface area (Å²) in [6.07, 6.45) is 0. The van der Waals surface area contributed by atoms with E-state index in [-0.39, 0.29) is 5.56 Å². The zero-order valence-corrected chi connectivity index (χ0v) is 11.9. The number of carbonyl (C=O) groups is 1. The molecule has 0 spiro atoms. The number of aromatic carboxylic acids is 1. The number of hydrogen-bond acceptors (Lipinski definition) is 4. The van der Waals surface area contributed by atoms with Crippen molar-refractivity contribution in [1.29, 1.82) is 0 Å². The van der Waals surface area contributed by atoms with Crippen molar-refractivity contribution < 1.29 is 9.90 Å². The van der Waals surface area contributed by atoms with Gasteiger partial charge in [-0.15, -0.1) is 11.3 Å². The van der Waals surface area contributed by atoms with Gasteiger partial charge in [0.15, 0.2) is 0 Å². The molecule has 8 heteroatoms. The SMILES string of the molecule is O=C(O)c1csc(-n2c(=O)[nH]c(=O)c3ccc(Cl)cc32)c1. The molecule has 3 aromatic rings. The number of rotatable bonds is 2. The summed E-state index contributed by atoms with van der Waals surface area (Å²) in [6.45, 7) is 0. The van der Waals surface area contributed by atoms with E-state index in [1.165, 1.54) is 28.1 Å². The fourth-order valence-corrected chi connectivity index (χ4v) is 3.05. The third-order valence-electron chi connectivity index (χ3n) is 2.92. The number of carboxylic acids is 1. The predicted octanol–water partition coefficient (Wildman–Crippen LogP) is 2.09. The molecule has 1 aromatic carbocycles. The van der Waals surface area contributed by atoms with Crippen molar-refractivity contribution in [2.24, 2.45) is 0 Å². The van der Waals surface area contributed by atoms with Crippen molar-refractivity contribution >= 4 is 39.8 Å². The standard InChI is InChI=1S/C13H7ClN2O4S/c14-7-1-2-8-9(4-7)16(13(20)15-11(8)17)10-3-6(5-21-10)12(18)19/h1-5H,(H,18,19)(H,15,17,20). The maximum absolute atomic E-state index is 12.1. The van der Waals surface area contributed by atoms with Crippen LogP contribution in [0.4, 0.5) is 0 Å². The molecule has 2 aromatic heterocycles. The maximum atomic E-state index is 12.1. The van der Waals surface area contributed by atoms with Gasteiger partial charge in [0.25, 0.3) is 5.56 Å². The quantitative estimate of drug-likeness (QED) is 0.755. The van der Waals surface area contributed by atoms with Crippen LogP contribution in [0.15, 0.2) is 39.2 Å². The zero-order chi connectivity index (χ0) is 15.1. The molecular weight excluding hydrogens is 316 g/mol. The van der Waals surface area contributed by atoms with Gasteiger partial charge in [-0.05, 0) is 24.3 Å². The molecule has 21 heavy (non-hydrogen) atoms. The van der Waals surface area contributed by atoms with E-state index in [1.54, 1.807) is 6.07 Å². The Balaban J connectivity index is 2.40. The van der Waals surface area contributed by atoms with Crippen molar-refractivity contribution in [3.8, 4) is 5.00 Å². The minimum absolute atomic E-state index is 0.0725. The van der Waals surface area contributed by atoms with Gasteiger partial charge >= 0.3 is 11.7 Å². The number of carboxylic acid groups (broad SMARTS) is 1. The van der Waals surface area contributed by atoms with Crippen molar-refractivity contribution in [1.82, 2.24) is 9.55 Å².